The van der Waals surface area contributed by atoms with Crippen LogP contribution in [0.3, 0.4) is 0 Å². The summed E-state index contributed by atoms with van der Waals surface area (Å²) in [6, 6.07) is 2.78. The van der Waals surface area contributed by atoms with Gasteiger partial charge in [-0.05, 0) is 19.1 Å². The molecule has 0 aromatic carbocycles. The number of halogens is 2. The Morgan fingerprint density at radius 2 is 2.07 bits per heavy atom. The molecule has 0 saturated carbocycles. The second-order valence-corrected chi connectivity index (χ2v) is 2.77. The Morgan fingerprint density at radius 1 is 1.43 bits per heavy atom. The first kappa shape index (κ1) is 10.6. The molecule has 3 nitrogen and oxygen atoms in total. The van der Waals surface area contributed by atoms with Gasteiger partial charge in [-0.3, -0.25) is 9.59 Å². The summed E-state index contributed by atoms with van der Waals surface area (Å²) in [5.41, 5.74) is 0. The van der Waals surface area contributed by atoms with Gasteiger partial charge in [-0.2, -0.15) is 0 Å². The molecule has 0 aliphatic rings. The van der Waals surface area contributed by atoms with Gasteiger partial charge in [0.2, 0.25) is 11.6 Å². The van der Waals surface area contributed by atoms with Crippen molar-refractivity contribution in [3.63, 3.8) is 0 Å². The molecule has 1 aromatic heterocycles. The van der Waals surface area contributed by atoms with E-state index in [4.69, 9.17) is 4.42 Å². The smallest absolute Gasteiger partial charge is 0.296 e. The predicted octanol–water partition coefficient (Wildman–Crippen LogP) is 1.93. The van der Waals surface area contributed by atoms with Gasteiger partial charge in [-0.25, -0.2) is 8.78 Å². The van der Waals surface area contributed by atoms with Crippen LogP contribution in [0, 0.1) is 5.92 Å². The molecular formula is C9H8F2O3. The van der Waals surface area contributed by atoms with Crippen LogP contribution >= 0.6 is 0 Å². The van der Waals surface area contributed by atoms with Crippen LogP contribution in [-0.2, 0) is 4.79 Å². The Hall–Kier alpha value is -1.52. The van der Waals surface area contributed by atoms with E-state index in [9.17, 15) is 18.4 Å². The van der Waals surface area contributed by atoms with E-state index in [2.05, 4.69) is 0 Å². The summed E-state index contributed by atoms with van der Waals surface area (Å²) in [6.45, 7) is 1.14. The van der Waals surface area contributed by atoms with Crippen molar-refractivity contribution in [2.45, 2.75) is 13.3 Å². The molecule has 0 radical (unpaired) electrons. The van der Waals surface area contributed by atoms with E-state index in [1.807, 2.05) is 0 Å². The quantitative estimate of drug-likeness (QED) is 0.553. The van der Waals surface area contributed by atoms with Crippen LogP contribution in [-0.4, -0.2) is 18.0 Å². The van der Waals surface area contributed by atoms with Gasteiger partial charge >= 0.3 is 0 Å². The molecule has 0 bridgehead atoms. The average Bonchev–Trinajstić information content (AvgIpc) is 2.67. The molecule has 14 heavy (non-hydrogen) atoms. The first-order valence-corrected chi connectivity index (χ1v) is 3.93. The molecule has 1 atom stereocenters. The summed E-state index contributed by atoms with van der Waals surface area (Å²) in [6.07, 6.45) is -1.88. The fourth-order valence-electron chi connectivity index (χ4n) is 0.950. The molecule has 5 heteroatoms. The van der Waals surface area contributed by atoms with Crippen LogP contribution in [0.5, 0.6) is 0 Å². The largest absolute Gasteiger partial charge is 0.461 e. The highest BCUT2D eigenvalue weighted by Gasteiger charge is 2.30. The van der Waals surface area contributed by atoms with Crippen LogP contribution in [0.15, 0.2) is 22.8 Å². The van der Waals surface area contributed by atoms with E-state index in [0.29, 0.717) is 0 Å². The van der Waals surface area contributed by atoms with Crippen LogP contribution in [0.2, 0.25) is 0 Å². The van der Waals surface area contributed by atoms with Crippen molar-refractivity contribution in [3.8, 4) is 0 Å². The van der Waals surface area contributed by atoms with Gasteiger partial charge in [-0.15, -0.1) is 0 Å². The second kappa shape index (κ2) is 4.13. The minimum absolute atomic E-state index is 0.0773. The molecule has 0 spiro atoms. The van der Waals surface area contributed by atoms with Crippen LogP contribution < -0.4 is 0 Å². The number of alkyl halides is 2. The van der Waals surface area contributed by atoms with Crippen molar-refractivity contribution < 1.29 is 22.8 Å². The lowest BCUT2D eigenvalue weighted by atomic mass is 10.00. The maximum absolute atomic E-state index is 11.9. The molecule has 0 N–H and O–H groups in total. The molecule has 1 aromatic rings. The Labute approximate surface area is 78.7 Å². The third kappa shape index (κ3) is 2.04. The van der Waals surface area contributed by atoms with Gasteiger partial charge in [0.05, 0.1) is 12.2 Å². The number of ketones is 2. The fraction of sp³-hybridized carbons (Fsp3) is 0.333. The van der Waals surface area contributed by atoms with E-state index in [-0.39, 0.29) is 5.76 Å². The molecule has 0 fully saturated rings. The molecule has 0 amide bonds. The third-order valence-electron chi connectivity index (χ3n) is 1.80. The van der Waals surface area contributed by atoms with Crippen LogP contribution in [0.1, 0.15) is 17.5 Å². The lowest BCUT2D eigenvalue weighted by Crippen LogP contribution is -2.26. The van der Waals surface area contributed by atoms with E-state index < -0.39 is 23.9 Å². The zero-order valence-electron chi connectivity index (χ0n) is 7.37. The summed E-state index contributed by atoms with van der Waals surface area (Å²) < 4.78 is 28.6. The first-order valence-electron chi connectivity index (χ1n) is 3.93. The molecule has 1 heterocycles. The SMILES string of the molecule is CC(C(=O)c1ccco1)C(=O)C(F)F. The maximum atomic E-state index is 11.9. The number of carbonyl (C=O) groups is 2. The van der Waals surface area contributed by atoms with E-state index >= 15 is 0 Å². The van der Waals surface area contributed by atoms with E-state index in [1.165, 1.54) is 18.4 Å². The topological polar surface area (TPSA) is 47.3 Å². The van der Waals surface area contributed by atoms with Gasteiger partial charge in [0, 0.05) is 0 Å². The van der Waals surface area contributed by atoms with Crippen LogP contribution in [0.25, 0.3) is 0 Å². The number of furan rings is 1. The highest BCUT2D eigenvalue weighted by atomic mass is 19.3. The Morgan fingerprint density at radius 3 is 2.50 bits per heavy atom. The number of hydrogen-bond acceptors (Lipinski definition) is 3. The zero-order valence-corrected chi connectivity index (χ0v) is 7.37. The summed E-state index contributed by atoms with van der Waals surface area (Å²) in [5.74, 6) is -3.54. The van der Waals surface area contributed by atoms with Crippen molar-refractivity contribution in [1.82, 2.24) is 0 Å². The standard InChI is InChI=1S/C9H8F2O3/c1-5(8(13)9(10)11)7(12)6-3-2-4-14-6/h2-5,9H,1H3. The van der Waals surface area contributed by atoms with Crippen molar-refractivity contribution in [2.24, 2.45) is 5.92 Å². The number of rotatable bonds is 4. The fourth-order valence-corrected chi connectivity index (χ4v) is 0.950. The van der Waals surface area contributed by atoms with Gasteiger partial charge in [-0.1, -0.05) is 0 Å². The summed E-state index contributed by atoms with van der Waals surface area (Å²) in [7, 11) is 0. The summed E-state index contributed by atoms with van der Waals surface area (Å²) in [5, 5.41) is 0. The Balaban J connectivity index is 2.76. The lowest BCUT2D eigenvalue weighted by Gasteiger charge is -2.05. The maximum Gasteiger partial charge on any atom is 0.296 e. The molecule has 1 unspecified atom stereocenters. The van der Waals surface area contributed by atoms with Gasteiger partial charge in [0.25, 0.3) is 6.43 Å². The minimum Gasteiger partial charge on any atom is -0.461 e. The van der Waals surface area contributed by atoms with Crippen molar-refractivity contribution in [1.29, 1.82) is 0 Å². The number of carbonyl (C=O) groups excluding carboxylic acids is 2. The first-order chi connectivity index (χ1) is 6.54. The molecule has 1 rings (SSSR count). The van der Waals surface area contributed by atoms with E-state index in [1.54, 1.807) is 0 Å². The van der Waals surface area contributed by atoms with Crippen molar-refractivity contribution in [2.75, 3.05) is 0 Å². The van der Waals surface area contributed by atoms with Crippen molar-refractivity contribution in [3.05, 3.63) is 24.2 Å². The zero-order chi connectivity index (χ0) is 10.7. The number of hydrogen-bond donors (Lipinski definition) is 0. The average molecular weight is 202 g/mol. The molecule has 0 saturated heterocycles. The number of Topliss-reactive ketones (excluding diaryl/α,β-unsaturated/α-hetero) is 2. The van der Waals surface area contributed by atoms with Crippen LogP contribution in [0.4, 0.5) is 8.78 Å². The predicted molar refractivity (Wildman–Crippen MR) is 43.2 cm³/mol. The van der Waals surface area contributed by atoms with Crippen molar-refractivity contribution >= 4 is 11.6 Å². The second-order valence-electron chi connectivity index (χ2n) is 2.77. The minimum atomic E-state index is -3.12. The third-order valence-corrected chi connectivity index (χ3v) is 1.80. The molecule has 0 aliphatic carbocycles. The Kier molecular flexibility index (Phi) is 3.11. The summed E-state index contributed by atoms with van der Waals surface area (Å²) >= 11 is 0. The molecule has 0 aliphatic heterocycles. The monoisotopic (exact) mass is 202 g/mol. The van der Waals surface area contributed by atoms with E-state index in [0.717, 1.165) is 6.92 Å². The van der Waals surface area contributed by atoms with Gasteiger partial charge in [0.15, 0.2) is 5.76 Å². The van der Waals surface area contributed by atoms with Gasteiger partial charge < -0.3 is 4.42 Å². The van der Waals surface area contributed by atoms with Gasteiger partial charge in [0.1, 0.15) is 0 Å². The highest BCUT2D eigenvalue weighted by Crippen LogP contribution is 2.13. The molecular weight excluding hydrogens is 194 g/mol. The highest BCUT2D eigenvalue weighted by molar-refractivity contribution is 6.09. The molecule has 76 valence electrons. The normalized spacial score (nSPS) is 12.9. The summed E-state index contributed by atoms with van der Waals surface area (Å²) in [4.78, 5) is 22.1. The lowest BCUT2D eigenvalue weighted by molar-refractivity contribution is -0.131. The Bertz CT molecular complexity index is 330.